The third-order valence-corrected chi connectivity index (χ3v) is 2.71. The smallest absolute Gasteiger partial charge is 0.393 e. The van der Waals surface area contributed by atoms with Gasteiger partial charge in [-0.2, -0.15) is 4.98 Å². The van der Waals surface area contributed by atoms with E-state index in [0.29, 0.717) is 6.08 Å². The monoisotopic (exact) mass is 224 g/mol. The Morgan fingerprint density at radius 2 is 2.44 bits per heavy atom. The molecule has 16 heavy (non-hydrogen) atoms. The maximum atomic E-state index is 5.44. The van der Waals surface area contributed by atoms with Gasteiger partial charge in [0.25, 0.3) is 0 Å². The molecule has 0 aliphatic heterocycles. The van der Waals surface area contributed by atoms with Crippen LogP contribution in [0.1, 0.15) is 38.3 Å². The molecule has 0 bridgehead atoms. The Balaban J connectivity index is 1.64. The lowest BCUT2D eigenvalue weighted by Gasteiger charge is -1.99. The van der Waals surface area contributed by atoms with Gasteiger partial charge in [0.2, 0.25) is 0 Å². The van der Waals surface area contributed by atoms with Gasteiger partial charge >= 0.3 is 6.08 Å². The number of rotatable bonds is 8. The van der Waals surface area contributed by atoms with Gasteiger partial charge < -0.3 is 14.5 Å². The number of nitrogens with one attached hydrogen (secondary N) is 1. The Kier molecular flexibility index (Phi) is 4.22. The molecule has 0 radical (unpaired) electrons. The number of nitrogens with zero attached hydrogens (tertiary/aromatic N) is 1. The van der Waals surface area contributed by atoms with Gasteiger partial charge in [-0.1, -0.05) is 19.8 Å². The van der Waals surface area contributed by atoms with Crippen molar-refractivity contribution in [1.82, 2.24) is 10.3 Å². The zero-order chi connectivity index (χ0) is 11.2. The highest BCUT2D eigenvalue weighted by Crippen LogP contribution is 2.32. The molecule has 0 unspecified atom stereocenters. The second-order valence-electron chi connectivity index (χ2n) is 4.36. The molecule has 90 valence electrons. The normalized spacial score (nSPS) is 15.3. The summed E-state index contributed by atoms with van der Waals surface area (Å²) in [4.78, 5) is 4.25. The van der Waals surface area contributed by atoms with Crippen molar-refractivity contribution in [1.29, 1.82) is 0 Å². The van der Waals surface area contributed by atoms with E-state index in [4.69, 9.17) is 9.15 Å². The maximum Gasteiger partial charge on any atom is 0.393 e. The Morgan fingerprint density at radius 3 is 3.19 bits per heavy atom. The molecule has 0 amide bonds. The minimum absolute atomic E-state index is 0.411. The van der Waals surface area contributed by atoms with Gasteiger partial charge in [0.15, 0.2) is 0 Å². The van der Waals surface area contributed by atoms with Crippen molar-refractivity contribution < 1.29 is 9.15 Å². The van der Waals surface area contributed by atoms with E-state index in [1.165, 1.54) is 12.8 Å². The van der Waals surface area contributed by atoms with Crippen LogP contribution in [-0.2, 0) is 6.54 Å². The topological polar surface area (TPSA) is 47.3 Å². The van der Waals surface area contributed by atoms with E-state index in [2.05, 4.69) is 17.2 Å². The van der Waals surface area contributed by atoms with Crippen LogP contribution in [0.5, 0.6) is 6.08 Å². The van der Waals surface area contributed by atoms with Gasteiger partial charge in [-0.25, -0.2) is 0 Å². The van der Waals surface area contributed by atoms with Crippen LogP contribution in [0.15, 0.2) is 10.7 Å². The van der Waals surface area contributed by atoms with Crippen molar-refractivity contribution in [3.8, 4) is 6.08 Å². The quantitative estimate of drug-likeness (QED) is 0.689. The SMILES string of the molecule is CCCNCc1coc(OCCC2CC2)n1. The second-order valence-corrected chi connectivity index (χ2v) is 4.36. The molecule has 0 saturated heterocycles. The van der Waals surface area contributed by atoms with E-state index in [1.807, 2.05) is 0 Å². The number of hydrogen-bond donors (Lipinski definition) is 1. The first-order valence-corrected chi connectivity index (χ1v) is 6.16. The summed E-state index contributed by atoms with van der Waals surface area (Å²) in [5.74, 6) is 0.889. The molecule has 1 fully saturated rings. The van der Waals surface area contributed by atoms with Crippen molar-refractivity contribution in [2.45, 2.75) is 39.2 Å². The van der Waals surface area contributed by atoms with Crippen molar-refractivity contribution in [2.24, 2.45) is 5.92 Å². The first-order chi connectivity index (χ1) is 7.88. The standard InChI is InChI=1S/C12H20N2O2/c1-2-6-13-8-11-9-16-12(14-11)15-7-5-10-3-4-10/h9-10,13H,2-8H2,1H3. The molecule has 4 heteroatoms. The zero-order valence-electron chi connectivity index (χ0n) is 9.87. The second kappa shape index (κ2) is 5.89. The Bertz CT molecular complexity index is 308. The molecule has 2 rings (SSSR count). The summed E-state index contributed by atoms with van der Waals surface area (Å²) in [6.07, 6.45) is 7.06. The molecule has 1 aliphatic carbocycles. The van der Waals surface area contributed by atoms with Crippen LogP contribution >= 0.6 is 0 Å². The van der Waals surface area contributed by atoms with Crippen LogP contribution in [0.2, 0.25) is 0 Å². The first-order valence-electron chi connectivity index (χ1n) is 6.16. The van der Waals surface area contributed by atoms with Gasteiger partial charge in [0.1, 0.15) is 6.26 Å². The average molecular weight is 224 g/mol. The summed E-state index contributed by atoms with van der Waals surface area (Å²) in [7, 11) is 0. The highest BCUT2D eigenvalue weighted by Gasteiger charge is 2.21. The molecule has 4 nitrogen and oxygen atoms in total. The van der Waals surface area contributed by atoms with Crippen LogP contribution in [0.4, 0.5) is 0 Å². The average Bonchev–Trinajstić information content (AvgIpc) is 2.99. The summed E-state index contributed by atoms with van der Waals surface area (Å²) in [6, 6.07) is 0. The van der Waals surface area contributed by atoms with Gasteiger partial charge in [0, 0.05) is 6.54 Å². The minimum Gasteiger partial charge on any atom is -0.450 e. The van der Waals surface area contributed by atoms with Crippen molar-refractivity contribution in [3.05, 3.63) is 12.0 Å². The molecule has 1 aromatic heterocycles. The number of aromatic nitrogens is 1. The fourth-order valence-electron chi connectivity index (χ4n) is 1.55. The van der Waals surface area contributed by atoms with E-state index in [1.54, 1.807) is 6.26 Å². The van der Waals surface area contributed by atoms with Crippen LogP contribution in [0, 0.1) is 5.92 Å². The molecule has 0 atom stereocenters. The van der Waals surface area contributed by atoms with Gasteiger partial charge in [-0.3, -0.25) is 0 Å². The Labute approximate surface area is 96.4 Å². The summed E-state index contributed by atoms with van der Waals surface area (Å²) in [5.41, 5.74) is 0.912. The number of ether oxygens (including phenoxy) is 1. The number of oxazole rings is 1. The van der Waals surface area contributed by atoms with Crippen molar-refractivity contribution in [2.75, 3.05) is 13.2 Å². The fourth-order valence-corrected chi connectivity index (χ4v) is 1.55. The van der Waals surface area contributed by atoms with Crippen LogP contribution in [-0.4, -0.2) is 18.1 Å². The molecule has 0 spiro atoms. The van der Waals surface area contributed by atoms with Crippen LogP contribution in [0.3, 0.4) is 0 Å². The Morgan fingerprint density at radius 1 is 1.56 bits per heavy atom. The summed E-state index contributed by atoms with van der Waals surface area (Å²) in [5, 5.41) is 3.27. The van der Waals surface area contributed by atoms with Gasteiger partial charge in [0.05, 0.1) is 12.3 Å². The largest absolute Gasteiger partial charge is 0.450 e. The summed E-state index contributed by atoms with van der Waals surface area (Å²) < 4.78 is 10.7. The van der Waals surface area contributed by atoms with Crippen LogP contribution < -0.4 is 10.1 Å². The first kappa shape index (κ1) is 11.5. The number of hydrogen-bond acceptors (Lipinski definition) is 4. The minimum atomic E-state index is 0.411. The third kappa shape index (κ3) is 3.85. The van der Waals surface area contributed by atoms with E-state index < -0.39 is 0 Å². The molecule has 1 saturated carbocycles. The van der Waals surface area contributed by atoms with Crippen molar-refractivity contribution in [3.63, 3.8) is 0 Å². The highest BCUT2D eigenvalue weighted by molar-refractivity contribution is 4.99. The maximum absolute atomic E-state index is 5.44. The van der Waals surface area contributed by atoms with E-state index >= 15 is 0 Å². The molecular formula is C12H20N2O2. The summed E-state index contributed by atoms with van der Waals surface area (Å²) in [6.45, 7) is 4.63. The third-order valence-electron chi connectivity index (χ3n) is 2.71. The molecule has 1 aliphatic rings. The van der Waals surface area contributed by atoms with E-state index in [9.17, 15) is 0 Å². The van der Waals surface area contributed by atoms with Gasteiger partial charge in [-0.05, 0) is 25.3 Å². The molecule has 1 aromatic rings. The lowest BCUT2D eigenvalue weighted by atomic mass is 10.3. The van der Waals surface area contributed by atoms with Crippen LogP contribution in [0.25, 0.3) is 0 Å². The molecule has 1 N–H and O–H groups in total. The van der Waals surface area contributed by atoms with Crippen molar-refractivity contribution >= 4 is 0 Å². The predicted octanol–water partition coefficient (Wildman–Crippen LogP) is 2.35. The lowest BCUT2D eigenvalue weighted by Crippen LogP contribution is -2.13. The van der Waals surface area contributed by atoms with E-state index in [0.717, 1.165) is 44.1 Å². The molecular weight excluding hydrogens is 204 g/mol. The molecule has 1 heterocycles. The lowest BCUT2D eigenvalue weighted by molar-refractivity contribution is 0.222. The fraction of sp³-hybridized carbons (Fsp3) is 0.750. The highest BCUT2D eigenvalue weighted by atomic mass is 16.6. The predicted molar refractivity (Wildman–Crippen MR) is 61.3 cm³/mol. The van der Waals surface area contributed by atoms with E-state index in [-0.39, 0.29) is 0 Å². The Hall–Kier alpha value is -1.03. The van der Waals surface area contributed by atoms with Gasteiger partial charge in [-0.15, -0.1) is 0 Å². The zero-order valence-corrected chi connectivity index (χ0v) is 9.87. The summed E-state index contributed by atoms with van der Waals surface area (Å²) >= 11 is 0. The molecule has 0 aromatic carbocycles.